The van der Waals surface area contributed by atoms with Crippen molar-refractivity contribution in [2.45, 2.75) is 105 Å². The van der Waals surface area contributed by atoms with Crippen LogP contribution in [0.15, 0.2) is 42.5 Å². The molecule has 1 N–H and O–H groups in total. The number of nitrogens with zero attached hydrogens (tertiary/aromatic N) is 1. The summed E-state index contributed by atoms with van der Waals surface area (Å²) in [4.78, 5) is 4.68. The maximum atomic E-state index is 11.4. The number of rotatable bonds is 2. The lowest BCUT2D eigenvalue weighted by atomic mass is 9.78. The van der Waals surface area contributed by atoms with Crippen molar-refractivity contribution in [1.29, 1.82) is 0 Å². The summed E-state index contributed by atoms with van der Waals surface area (Å²) in [5.41, 5.74) is 7.89. The fourth-order valence-corrected chi connectivity index (χ4v) is 4.50. The van der Waals surface area contributed by atoms with Gasteiger partial charge in [-0.2, -0.15) is 0 Å². The van der Waals surface area contributed by atoms with Crippen LogP contribution in [-0.4, -0.2) is 10.1 Å². The van der Waals surface area contributed by atoms with E-state index in [2.05, 4.69) is 124 Å². The van der Waals surface area contributed by atoms with Gasteiger partial charge in [0.15, 0.2) is 0 Å². The number of aromatic nitrogens is 1. The molecule has 0 fully saturated rings. The number of hydrogen-bond acceptors (Lipinski definition) is 2. The molecule has 2 nitrogen and oxygen atoms in total. The van der Waals surface area contributed by atoms with E-state index >= 15 is 0 Å². The molecule has 3 rings (SSSR count). The zero-order valence-corrected chi connectivity index (χ0v) is 25.1. The van der Waals surface area contributed by atoms with E-state index in [4.69, 9.17) is 11.6 Å². The zero-order chi connectivity index (χ0) is 27.4. The fraction of sp³-hybridized carbons (Fsp3) is 0.485. The molecule has 1 aromatic heterocycles. The minimum absolute atomic E-state index is 0.0105. The Kier molecular flexibility index (Phi) is 7.23. The predicted molar refractivity (Wildman–Crippen MR) is 157 cm³/mol. The van der Waals surface area contributed by atoms with Crippen LogP contribution >= 0.6 is 11.6 Å². The maximum absolute atomic E-state index is 11.4. The minimum atomic E-state index is -0.218. The number of hydrogen-bond donors (Lipinski definition) is 1. The molecule has 2 aromatic carbocycles. The third kappa shape index (κ3) is 6.14. The monoisotopic (exact) mass is 505 g/mol. The summed E-state index contributed by atoms with van der Waals surface area (Å²) in [7, 11) is 0. The standard InChI is InChI=1S/C33H44ClNO/c1-30(2,3)22-13-20(14-23(17-22)31(4,5)6)21-15-27(35-28(34)16-21)25-18-24(32(7,8)9)19-26(29(25)36)33(10,11)12/h13-19,36H,1-12H3. The van der Waals surface area contributed by atoms with Gasteiger partial charge in [-0.05, 0) is 67.7 Å². The summed E-state index contributed by atoms with van der Waals surface area (Å²) >= 11 is 6.63. The first-order chi connectivity index (χ1) is 16.2. The Morgan fingerprint density at radius 1 is 0.556 bits per heavy atom. The van der Waals surface area contributed by atoms with Crippen LogP contribution in [0.3, 0.4) is 0 Å². The van der Waals surface area contributed by atoms with Gasteiger partial charge < -0.3 is 5.11 Å². The fourth-order valence-electron chi connectivity index (χ4n) is 4.30. The van der Waals surface area contributed by atoms with Crippen molar-refractivity contribution in [3.8, 4) is 28.1 Å². The van der Waals surface area contributed by atoms with Crippen LogP contribution in [0.2, 0.25) is 5.15 Å². The van der Waals surface area contributed by atoms with Gasteiger partial charge in [-0.25, -0.2) is 4.98 Å². The van der Waals surface area contributed by atoms with Crippen LogP contribution in [0.4, 0.5) is 0 Å². The van der Waals surface area contributed by atoms with Crippen LogP contribution in [0, 0.1) is 0 Å². The van der Waals surface area contributed by atoms with Crippen molar-refractivity contribution in [2.24, 2.45) is 0 Å². The highest BCUT2D eigenvalue weighted by atomic mass is 35.5. The summed E-state index contributed by atoms with van der Waals surface area (Å²) in [5, 5.41) is 11.9. The van der Waals surface area contributed by atoms with Gasteiger partial charge in [0.2, 0.25) is 0 Å². The van der Waals surface area contributed by atoms with Gasteiger partial charge in [-0.1, -0.05) is 119 Å². The number of benzene rings is 2. The van der Waals surface area contributed by atoms with Crippen LogP contribution in [-0.2, 0) is 21.7 Å². The molecule has 36 heavy (non-hydrogen) atoms. The second kappa shape index (κ2) is 9.21. The summed E-state index contributed by atoms with van der Waals surface area (Å²) < 4.78 is 0. The van der Waals surface area contributed by atoms with Gasteiger partial charge in [0.1, 0.15) is 10.9 Å². The highest BCUT2D eigenvalue weighted by Crippen LogP contribution is 2.43. The van der Waals surface area contributed by atoms with Gasteiger partial charge >= 0.3 is 0 Å². The van der Waals surface area contributed by atoms with E-state index in [1.807, 2.05) is 6.07 Å². The number of halogens is 1. The first-order valence-corrected chi connectivity index (χ1v) is 13.3. The van der Waals surface area contributed by atoms with E-state index in [1.165, 1.54) is 11.1 Å². The van der Waals surface area contributed by atoms with Crippen molar-refractivity contribution >= 4 is 11.6 Å². The lowest BCUT2D eigenvalue weighted by Crippen LogP contribution is -2.17. The number of phenolic OH excluding ortho intramolecular Hbond substituents is 1. The summed E-state index contributed by atoms with van der Waals surface area (Å²) in [6.45, 7) is 26.4. The third-order valence-corrected chi connectivity index (χ3v) is 7.05. The van der Waals surface area contributed by atoms with Crippen molar-refractivity contribution in [2.75, 3.05) is 0 Å². The molecule has 0 aliphatic rings. The van der Waals surface area contributed by atoms with E-state index in [0.29, 0.717) is 10.8 Å². The average molecular weight is 506 g/mol. The normalized spacial score (nSPS) is 13.2. The molecular weight excluding hydrogens is 462 g/mol. The van der Waals surface area contributed by atoms with Crippen molar-refractivity contribution in [1.82, 2.24) is 4.98 Å². The second-order valence-corrected chi connectivity index (χ2v) is 14.7. The van der Waals surface area contributed by atoms with Crippen molar-refractivity contribution in [3.63, 3.8) is 0 Å². The van der Waals surface area contributed by atoms with Gasteiger partial charge in [0.05, 0.1) is 5.69 Å². The molecule has 194 valence electrons. The molecule has 0 spiro atoms. The van der Waals surface area contributed by atoms with Crippen LogP contribution in [0.1, 0.15) is 105 Å². The molecule has 0 saturated heterocycles. The molecule has 0 radical (unpaired) electrons. The van der Waals surface area contributed by atoms with Crippen LogP contribution < -0.4 is 0 Å². The van der Waals surface area contributed by atoms with Gasteiger partial charge in [0.25, 0.3) is 0 Å². The van der Waals surface area contributed by atoms with E-state index in [1.54, 1.807) is 0 Å². The average Bonchev–Trinajstić information content (AvgIpc) is 2.70. The largest absolute Gasteiger partial charge is 0.507 e. The Balaban J connectivity index is 2.33. The first kappa shape index (κ1) is 28.3. The first-order valence-electron chi connectivity index (χ1n) is 12.9. The SMILES string of the molecule is CC(C)(C)c1cc(-c2cc(Cl)nc(-c3cc(C(C)(C)C)cc(C(C)(C)C)c3O)c2)cc(C(C)(C)C)c1. The van der Waals surface area contributed by atoms with Gasteiger partial charge in [-0.3, -0.25) is 0 Å². The van der Waals surface area contributed by atoms with Gasteiger partial charge in [0, 0.05) is 11.1 Å². The Morgan fingerprint density at radius 2 is 1.00 bits per heavy atom. The molecule has 0 unspecified atom stereocenters. The zero-order valence-electron chi connectivity index (χ0n) is 24.3. The highest BCUT2D eigenvalue weighted by molar-refractivity contribution is 6.29. The molecule has 0 aliphatic carbocycles. The third-order valence-electron chi connectivity index (χ3n) is 6.85. The Hall–Kier alpha value is -2.32. The summed E-state index contributed by atoms with van der Waals surface area (Å²) in [5.74, 6) is 0.273. The van der Waals surface area contributed by atoms with E-state index in [9.17, 15) is 5.11 Å². The van der Waals surface area contributed by atoms with E-state index < -0.39 is 0 Å². The molecule has 0 aliphatic heterocycles. The quantitative estimate of drug-likeness (QED) is 0.351. The number of aromatic hydroxyl groups is 1. The molecule has 0 bridgehead atoms. The Labute approximate surface area is 224 Å². The van der Waals surface area contributed by atoms with E-state index in [-0.39, 0.29) is 27.4 Å². The predicted octanol–water partition coefficient (Wildman–Crippen LogP) is 9.96. The molecular formula is C33H44ClNO. The Morgan fingerprint density at radius 3 is 1.44 bits per heavy atom. The van der Waals surface area contributed by atoms with Crippen molar-refractivity contribution < 1.29 is 5.11 Å². The summed E-state index contributed by atoms with van der Waals surface area (Å²) in [6, 6.07) is 15.0. The second-order valence-electron chi connectivity index (χ2n) is 14.3. The van der Waals surface area contributed by atoms with Crippen LogP contribution in [0.25, 0.3) is 22.4 Å². The smallest absolute Gasteiger partial charge is 0.130 e. The lowest BCUT2D eigenvalue weighted by molar-refractivity contribution is 0.446. The lowest BCUT2D eigenvalue weighted by Gasteiger charge is -2.28. The number of phenols is 1. The summed E-state index contributed by atoms with van der Waals surface area (Å²) in [6.07, 6.45) is 0. The van der Waals surface area contributed by atoms with Gasteiger partial charge in [-0.15, -0.1) is 0 Å². The molecule has 1 heterocycles. The van der Waals surface area contributed by atoms with E-state index in [0.717, 1.165) is 27.8 Å². The molecule has 0 saturated carbocycles. The molecule has 3 aromatic rings. The molecule has 3 heteroatoms. The Bertz CT molecular complexity index is 1240. The van der Waals surface area contributed by atoms with Crippen molar-refractivity contribution in [3.05, 3.63) is 69.9 Å². The topological polar surface area (TPSA) is 33.1 Å². The number of pyridine rings is 1. The molecule has 0 amide bonds. The maximum Gasteiger partial charge on any atom is 0.130 e. The highest BCUT2D eigenvalue weighted by Gasteiger charge is 2.27. The molecule has 0 atom stereocenters. The van der Waals surface area contributed by atoms with Crippen LogP contribution in [0.5, 0.6) is 5.75 Å². The minimum Gasteiger partial charge on any atom is -0.507 e.